The molecular formula is C16H14N4O2. The van der Waals surface area contributed by atoms with E-state index in [0.717, 1.165) is 11.1 Å². The standard InChI is InChI=1S/C16H14N4O2/c1-10-8-19-14(9-18-10)16(21)20-13-7-12(22-2)6-11-4-3-5-17-15(11)13/h3-9H,1-2H3,(H,20,21). The number of hydrogen-bond acceptors (Lipinski definition) is 5. The molecule has 3 aromatic rings. The summed E-state index contributed by atoms with van der Waals surface area (Å²) in [6.07, 6.45) is 4.67. The molecule has 1 aromatic carbocycles. The molecule has 2 aromatic heterocycles. The normalized spacial score (nSPS) is 10.5. The molecule has 110 valence electrons. The van der Waals surface area contributed by atoms with E-state index in [9.17, 15) is 4.79 Å². The number of rotatable bonds is 3. The zero-order valence-corrected chi connectivity index (χ0v) is 12.2. The first kappa shape index (κ1) is 13.9. The number of amides is 1. The van der Waals surface area contributed by atoms with Crippen LogP contribution in [0.1, 0.15) is 16.2 Å². The Morgan fingerprint density at radius 2 is 2.05 bits per heavy atom. The fourth-order valence-electron chi connectivity index (χ4n) is 2.07. The number of pyridine rings is 1. The summed E-state index contributed by atoms with van der Waals surface area (Å²) in [6, 6.07) is 7.34. The Bertz CT molecular complexity index is 831. The highest BCUT2D eigenvalue weighted by Crippen LogP contribution is 2.27. The lowest BCUT2D eigenvalue weighted by molar-refractivity contribution is 0.102. The monoisotopic (exact) mass is 294 g/mol. The largest absolute Gasteiger partial charge is 0.497 e. The third-order valence-corrected chi connectivity index (χ3v) is 3.18. The van der Waals surface area contributed by atoms with E-state index in [1.807, 2.05) is 25.1 Å². The van der Waals surface area contributed by atoms with Crippen molar-refractivity contribution >= 4 is 22.5 Å². The summed E-state index contributed by atoms with van der Waals surface area (Å²) >= 11 is 0. The summed E-state index contributed by atoms with van der Waals surface area (Å²) in [5.41, 5.74) is 2.27. The van der Waals surface area contributed by atoms with E-state index in [1.54, 1.807) is 25.6 Å². The Kier molecular flexibility index (Phi) is 3.65. The molecule has 1 amide bonds. The minimum absolute atomic E-state index is 0.248. The number of nitrogens with one attached hydrogen (secondary N) is 1. The molecule has 0 aliphatic heterocycles. The molecule has 0 unspecified atom stereocenters. The van der Waals surface area contributed by atoms with Crippen LogP contribution in [-0.4, -0.2) is 28.0 Å². The van der Waals surface area contributed by atoms with Crippen LogP contribution in [0.15, 0.2) is 42.9 Å². The van der Waals surface area contributed by atoms with Gasteiger partial charge in [-0.25, -0.2) is 4.98 Å². The lowest BCUT2D eigenvalue weighted by Crippen LogP contribution is -2.14. The number of hydrogen-bond donors (Lipinski definition) is 1. The zero-order valence-electron chi connectivity index (χ0n) is 12.2. The molecule has 0 aliphatic carbocycles. The maximum absolute atomic E-state index is 12.3. The van der Waals surface area contributed by atoms with Crippen molar-refractivity contribution < 1.29 is 9.53 Å². The maximum Gasteiger partial charge on any atom is 0.275 e. The van der Waals surface area contributed by atoms with E-state index in [2.05, 4.69) is 20.3 Å². The van der Waals surface area contributed by atoms with E-state index in [0.29, 0.717) is 17.0 Å². The van der Waals surface area contributed by atoms with Gasteiger partial charge in [0.1, 0.15) is 11.4 Å². The van der Waals surface area contributed by atoms with E-state index in [4.69, 9.17) is 4.74 Å². The Labute approximate surface area is 127 Å². The molecule has 0 fully saturated rings. The predicted octanol–water partition coefficient (Wildman–Crippen LogP) is 2.59. The number of fused-ring (bicyclic) bond motifs is 1. The van der Waals surface area contributed by atoms with Gasteiger partial charge in [0.2, 0.25) is 0 Å². The van der Waals surface area contributed by atoms with Crippen LogP contribution in [0, 0.1) is 6.92 Å². The van der Waals surface area contributed by atoms with Crippen LogP contribution in [0.5, 0.6) is 5.75 Å². The van der Waals surface area contributed by atoms with Crippen LogP contribution in [0.25, 0.3) is 10.9 Å². The van der Waals surface area contributed by atoms with Gasteiger partial charge in [0.15, 0.2) is 0 Å². The molecule has 0 spiro atoms. The van der Waals surface area contributed by atoms with E-state index in [1.165, 1.54) is 6.20 Å². The zero-order chi connectivity index (χ0) is 15.5. The van der Waals surface area contributed by atoms with Crippen LogP contribution in [0.2, 0.25) is 0 Å². The van der Waals surface area contributed by atoms with Crippen molar-refractivity contribution in [1.82, 2.24) is 15.0 Å². The number of benzene rings is 1. The average Bonchev–Trinajstić information content (AvgIpc) is 2.55. The van der Waals surface area contributed by atoms with Crippen molar-refractivity contribution in [3.63, 3.8) is 0 Å². The molecule has 0 radical (unpaired) electrons. The van der Waals surface area contributed by atoms with E-state index in [-0.39, 0.29) is 11.6 Å². The molecule has 0 bridgehead atoms. The number of aryl methyl sites for hydroxylation is 1. The first-order valence-electron chi connectivity index (χ1n) is 6.70. The van der Waals surface area contributed by atoms with Gasteiger partial charge in [-0.05, 0) is 19.1 Å². The number of anilines is 1. The van der Waals surface area contributed by atoms with Crippen molar-refractivity contribution in [2.24, 2.45) is 0 Å². The van der Waals surface area contributed by atoms with Gasteiger partial charge in [0, 0.05) is 23.8 Å². The summed E-state index contributed by atoms with van der Waals surface area (Å²) in [5.74, 6) is 0.304. The Hall–Kier alpha value is -3.02. The quantitative estimate of drug-likeness (QED) is 0.803. The molecule has 0 atom stereocenters. The van der Waals surface area contributed by atoms with Gasteiger partial charge in [-0.15, -0.1) is 0 Å². The van der Waals surface area contributed by atoms with Crippen molar-refractivity contribution in [2.45, 2.75) is 6.92 Å². The SMILES string of the molecule is COc1cc(NC(=O)c2cnc(C)cn2)c2ncccc2c1. The second-order valence-corrected chi connectivity index (χ2v) is 4.75. The van der Waals surface area contributed by atoms with Gasteiger partial charge in [-0.2, -0.15) is 0 Å². The lowest BCUT2D eigenvalue weighted by Gasteiger charge is -2.10. The molecule has 0 saturated carbocycles. The first-order chi connectivity index (χ1) is 10.7. The highest BCUT2D eigenvalue weighted by atomic mass is 16.5. The Morgan fingerprint density at radius 3 is 2.77 bits per heavy atom. The Balaban J connectivity index is 1.99. The number of ether oxygens (including phenoxy) is 1. The van der Waals surface area contributed by atoms with Crippen LogP contribution < -0.4 is 10.1 Å². The number of nitrogens with zero attached hydrogens (tertiary/aromatic N) is 3. The Morgan fingerprint density at radius 1 is 1.18 bits per heavy atom. The van der Waals surface area contributed by atoms with Gasteiger partial charge in [-0.1, -0.05) is 6.07 Å². The summed E-state index contributed by atoms with van der Waals surface area (Å²) in [5, 5.41) is 3.69. The topological polar surface area (TPSA) is 77.0 Å². The molecule has 0 aliphatic rings. The summed E-state index contributed by atoms with van der Waals surface area (Å²) in [4.78, 5) is 24.7. The lowest BCUT2D eigenvalue weighted by atomic mass is 10.1. The van der Waals surface area contributed by atoms with Gasteiger partial charge in [0.25, 0.3) is 5.91 Å². The predicted molar refractivity (Wildman–Crippen MR) is 83.0 cm³/mol. The highest BCUT2D eigenvalue weighted by molar-refractivity contribution is 6.07. The number of carbonyl (C=O) groups excluding carboxylic acids is 1. The molecule has 2 heterocycles. The van der Waals surface area contributed by atoms with Crippen LogP contribution >= 0.6 is 0 Å². The molecule has 6 nitrogen and oxygen atoms in total. The fraction of sp³-hybridized carbons (Fsp3) is 0.125. The minimum atomic E-state index is -0.340. The molecular weight excluding hydrogens is 280 g/mol. The van der Waals surface area contributed by atoms with Gasteiger partial charge >= 0.3 is 0 Å². The number of carbonyl (C=O) groups is 1. The molecule has 3 rings (SSSR count). The van der Waals surface area contributed by atoms with E-state index < -0.39 is 0 Å². The molecule has 6 heteroatoms. The summed E-state index contributed by atoms with van der Waals surface area (Å²) in [6.45, 7) is 1.81. The molecule has 0 saturated heterocycles. The van der Waals surface area contributed by atoms with Crippen molar-refractivity contribution in [3.8, 4) is 5.75 Å². The molecule has 1 N–H and O–H groups in total. The van der Waals surface area contributed by atoms with Crippen molar-refractivity contribution in [2.75, 3.05) is 12.4 Å². The number of aromatic nitrogens is 3. The van der Waals surface area contributed by atoms with Gasteiger partial charge < -0.3 is 10.1 Å². The minimum Gasteiger partial charge on any atom is -0.497 e. The van der Waals surface area contributed by atoms with Crippen LogP contribution in [-0.2, 0) is 0 Å². The van der Waals surface area contributed by atoms with Crippen LogP contribution in [0.4, 0.5) is 5.69 Å². The summed E-state index contributed by atoms with van der Waals surface area (Å²) < 4.78 is 5.26. The van der Waals surface area contributed by atoms with Crippen LogP contribution in [0.3, 0.4) is 0 Å². The van der Waals surface area contributed by atoms with Gasteiger partial charge in [-0.3, -0.25) is 14.8 Å². The fourth-order valence-corrected chi connectivity index (χ4v) is 2.07. The molecule has 22 heavy (non-hydrogen) atoms. The third-order valence-electron chi connectivity index (χ3n) is 3.18. The third kappa shape index (κ3) is 2.71. The highest BCUT2D eigenvalue weighted by Gasteiger charge is 2.12. The van der Waals surface area contributed by atoms with E-state index >= 15 is 0 Å². The first-order valence-corrected chi connectivity index (χ1v) is 6.70. The van der Waals surface area contributed by atoms with Crippen molar-refractivity contribution in [3.05, 3.63) is 54.2 Å². The number of methoxy groups -OCH3 is 1. The van der Waals surface area contributed by atoms with Gasteiger partial charge in [0.05, 0.1) is 30.2 Å². The second-order valence-electron chi connectivity index (χ2n) is 4.75. The smallest absolute Gasteiger partial charge is 0.275 e. The summed E-state index contributed by atoms with van der Waals surface area (Å²) in [7, 11) is 1.58. The average molecular weight is 294 g/mol. The van der Waals surface area contributed by atoms with Crippen molar-refractivity contribution in [1.29, 1.82) is 0 Å². The maximum atomic E-state index is 12.3. The second kappa shape index (κ2) is 5.77.